The molecule has 106 valence electrons. The first kappa shape index (κ1) is 14.2. The van der Waals surface area contributed by atoms with Crippen molar-refractivity contribution in [3.8, 4) is 0 Å². The zero-order chi connectivity index (χ0) is 14.0. The van der Waals surface area contributed by atoms with Gasteiger partial charge < -0.3 is 4.74 Å². The van der Waals surface area contributed by atoms with Gasteiger partial charge in [-0.05, 0) is 40.0 Å². The van der Waals surface area contributed by atoms with E-state index in [4.69, 9.17) is 4.74 Å². The molecule has 2 aliphatic rings. The molecule has 0 radical (unpaired) electrons. The molecule has 1 heterocycles. The summed E-state index contributed by atoms with van der Waals surface area (Å²) in [6.07, 6.45) is 3.83. The monoisotopic (exact) mass is 265 g/mol. The number of ether oxygens (including phenoxy) is 1. The molecule has 0 aromatic rings. The number of Topliss-reactive ketones (excluding diaryl/α,β-unsaturated/α-hetero) is 2. The van der Waals surface area contributed by atoms with Gasteiger partial charge in [0.25, 0.3) is 0 Å². The van der Waals surface area contributed by atoms with Gasteiger partial charge in [0.1, 0.15) is 18.2 Å². The fourth-order valence-corrected chi connectivity index (χ4v) is 2.92. The van der Waals surface area contributed by atoms with E-state index in [0.717, 1.165) is 31.6 Å². The van der Waals surface area contributed by atoms with Crippen molar-refractivity contribution in [1.29, 1.82) is 0 Å². The summed E-state index contributed by atoms with van der Waals surface area (Å²) in [6.45, 7) is 6.22. The van der Waals surface area contributed by atoms with Crippen molar-refractivity contribution in [2.45, 2.75) is 58.4 Å². The quantitative estimate of drug-likeness (QED) is 0.734. The minimum atomic E-state index is -0.133. The summed E-state index contributed by atoms with van der Waals surface area (Å²) < 4.78 is 5.69. The molecule has 1 fully saturated rings. The molecular formula is C15H23NO3. The van der Waals surface area contributed by atoms with Crippen molar-refractivity contribution in [3.05, 3.63) is 0 Å². The van der Waals surface area contributed by atoms with Crippen LogP contribution in [-0.4, -0.2) is 29.6 Å². The molecule has 0 aromatic heterocycles. The first-order chi connectivity index (χ1) is 8.87. The molecule has 0 amide bonds. The highest BCUT2D eigenvalue weighted by Gasteiger charge is 2.35. The van der Waals surface area contributed by atoms with Crippen LogP contribution in [0.3, 0.4) is 0 Å². The fraction of sp³-hybridized carbons (Fsp3) is 0.800. The maximum Gasteiger partial charge on any atom is 0.187 e. The highest BCUT2D eigenvalue weighted by molar-refractivity contribution is 5.99. The summed E-state index contributed by atoms with van der Waals surface area (Å²) in [5, 5.41) is 0. The van der Waals surface area contributed by atoms with Gasteiger partial charge in [-0.2, -0.15) is 0 Å². The Morgan fingerprint density at radius 2 is 2.11 bits per heavy atom. The zero-order valence-electron chi connectivity index (χ0n) is 12.1. The van der Waals surface area contributed by atoms with Crippen LogP contribution in [0.15, 0.2) is 4.99 Å². The molecule has 4 heteroatoms. The van der Waals surface area contributed by atoms with Gasteiger partial charge in [0.15, 0.2) is 5.90 Å². The van der Waals surface area contributed by atoms with Gasteiger partial charge in [-0.1, -0.05) is 6.42 Å². The van der Waals surface area contributed by atoms with Crippen LogP contribution in [0, 0.1) is 11.8 Å². The Morgan fingerprint density at radius 3 is 2.68 bits per heavy atom. The van der Waals surface area contributed by atoms with Gasteiger partial charge in [-0.3, -0.25) is 9.59 Å². The maximum atomic E-state index is 12.0. The molecule has 0 spiro atoms. The lowest BCUT2D eigenvalue weighted by Crippen LogP contribution is -2.28. The van der Waals surface area contributed by atoms with Crippen LogP contribution in [0.25, 0.3) is 0 Å². The molecule has 1 aliphatic heterocycles. The smallest absolute Gasteiger partial charge is 0.187 e. The lowest BCUT2D eigenvalue weighted by Gasteiger charge is -2.27. The zero-order valence-corrected chi connectivity index (χ0v) is 12.1. The van der Waals surface area contributed by atoms with Crippen molar-refractivity contribution in [2.24, 2.45) is 16.8 Å². The van der Waals surface area contributed by atoms with E-state index in [9.17, 15) is 9.59 Å². The summed E-state index contributed by atoms with van der Waals surface area (Å²) in [5.74, 6) is 1.15. The van der Waals surface area contributed by atoms with Crippen molar-refractivity contribution < 1.29 is 14.3 Å². The number of rotatable bonds is 4. The van der Waals surface area contributed by atoms with E-state index in [1.807, 2.05) is 0 Å². The highest BCUT2D eigenvalue weighted by atomic mass is 16.5. The summed E-state index contributed by atoms with van der Waals surface area (Å²) in [4.78, 5) is 27.7. The average Bonchev–Trinajstić information content (AvgIpc) is 2.69. The second kappa shape index (κ2) is 5.43. The number of carbonyl (C=O) groups is 2. The Bertz CT molecular complexity index is 412. The van der Waals surface area contributed by atoms with E-state index in [1.165, 1.54) is 6.92 Å². The van der Waals surface area contributed by atoms with Crippen LogP contribution in [0.4, 0.5) is 0 Å². The molecular weight excluding hydrogens is 242 g/mol. The first-order valence-electron chi connectivity index (χ1n) is 7.12. The third-order valence-electron chi connectivity index (χ3n) is 3.89. The van der Waals surface area contributed by atoms with E-state index in [1.54, 1.807) is 0 Å². The van der Waals surface area contributed by atoms with Crippen LogP contribution >= 0.6 is 0 Å². The van der Waals surface area contributed by atoms with Gasteiger partial charge in [-0.25, -0.2) is 4.99 Å². The SMILES string of the molecule is CC(=O)CC(=O)C1CCCC(C2=NC(C)(C)CO2)C1. The minimum Gasteiger partial charge on any atom is -0.478 e. The molecule has 1 saturated carbocycles. The molecule has 0 N–H and O–H groups in total. The summed E-state index contributed by atoms with van der Waals surface area (Å²) >= 11 is 0. The third kappa shape index (κ3) is 3.64. The topological polar surface area (TPSA) is 55.7 Å². The standard InChI is InChI=1S/C15H23NO3/c1-10(17)7-13(18)11-5-4-6-12(8-11)14-16-15(2,3)9-19-14/h11-12H,4-9H2,1-3H3. The lowest BCUT2D eigenvalue weighted by atomic mass is 9.78. The van der Waals surface area contributed by atoms with E-state index in [2.05, 4.69) is 18.8 Å². The van der Waals surface area contributed by atoms with Crippen LogP contribution in [0.2, 0.25) is 0 Å². The Kier molecular flexibility index (Phi) is 4.07. The lowest BCUT2D eigenvalue weighted by molar-refractivity contribution is -0.129. The van der Waals surface area contributed by atoms with Gasteiger partial charge >= 0.3 is 0 Å². The van der Waals surface area contributed by atoms with E-state index >= 15 is 0 Å². The van der Waals surface area contributed by atoms with Crippen LogP contribution < -0.4 is 0 Å². The predicted molar refractivity (Wildman–Crippen MR) is 73.2 cm³/mol. The second-order valence-electron chi connectivity index (χ2n) is 6.46. The molecule has 2 atom stereocenters. The Labute approximate surface area is 114 Å². The van der Waals surface area contributed by atoms with Gasteiger partial charge in [-0.15, -0.1) is 0 Å². The predicted octanol–water partition coefficient (Wildman–Crippen LogP) is 2.55. The molecule has 0 bridgehead atoms. The molecule has 0 aromatic carbocycles. The van der Waals surface area contributed by atoms with E-state index < -0.39 is 0 Å². The molecule has 1 aliphatic carbocycles. The Morgan fingerprint density at radius 1 is 1.37 bits per heavy atom. The average molecular weight is 265 g/mol. The van der Waals surface area contributed by atoms with Gasteiger partial charge in [0.05, 0.1) is 12.0 Å². The largest absolute Gasteiger partial charge is 0.478 e. The summed E-state index contributed by atoms with van der Waals surface area (Å²) in [6, 6.07) is 0. The first-order valence-corrected chi connectivity index (χ1v) is 7.12. The molecule has 19 heavy (non-hydrogen) atoms. The number of ketones is 2. The van der Waals surface area contributed by atoms with Gasteiger partial charge in [0, 0.05) is 11.8 Å². The number of hydrogen-bond donors (Lipinski definition) is 0. The van der Waals surface area contributed by atoms with Crippen LogP contribution in [0.5, 0.6) is 0 Å². The molecule has 2 unspecified atom stereocenters. The second-order valence-corrected chi connectivity index (χ2v) is 6.46. The Hall–Kier alpha value is -1.19. The van der Waals surface area contributed by atoms with E-state index in [0.29, 0.717) is 6.61 Å². The highest BCUT2D eigenvalue weighted by Crippen LogP contribution is 2.34. The van der Waals surface area contributed by atoms with E-state index in [-0.39, 0.29) is 35.4 Å². The maximum absolute atomic E-state index is 12.0. The Balaban J connectivity index is 1.98. The fourth-order valence-electron chi connectivity index (χ4n) is 2.92. The summed E-state index contributed by atoms with van der Waals surface area (Å²) in [5.41, 5.74) is -0.133. The minimum absolute atomic E-state index is 0.0117. The van der Waals surface area contributed by atoms with Crippen molar-refractivity contribution in [3.63, 3.8) is 0 Å². The van der Waals surface area contributed by atoms with Crippen molar-refractivity contribution in [1.82, 2.24) is 0 Å². The number of aliphatic imine (C=N–C) groups is 1. The van der Waals surface area contributed by atoms with Crippen LogP contribution in [-0.2, 0) is 14.3 Å². The number of hydrogen-bond acceptors (Lipinski definition) is 4. The number of nitrogens with zero attached hydrogens (tertiary/aromatic N) is 1. The molecule has 4 nitrogen and oxygen atoms in total. The number of carbonyl (C=O) groups excluding carboxylic acids is 2. The normalized spacial score (nSPS) is 29.5. The molecule has 2 rings (SSSR count). The third-order valence-corrected chi connectivity index (χ3v) is 3.89. The van der Waals surface area contributed by atoms with Crippen molar-refractivity contribution >= 4 is 17.5 Å². The summed E-state index contributed by atoms with van der Waals surface area (Å²) in [7, 11) is 0. The van der Waals surface area contributed by atoms with Gasteiger partial charge in [0.2, 0.25) is 0 Å². The van der Waals surface area contributed by atoms with Crippen molar-refractivity contribution in [2.75, 3.05) is 6.61 Å². The molecule has 0 saturated heterocycles. The van der Waals surface area contributed by atoms with Crippen LogP contribution in [0.1, 0.15) is 52.9 Å².